The Morgan fingerprint density at radius 2 is 1.67 bits per heavy atom. The summed E-state index contributed by atoms with van der Waals surface area (Å²) < 4.78 is 26.7. The number of rotatable bonds is 10. The van der Waals surface area contributed by atoms with Gasteiger partial charge in [0.05, 0.1) is 6.61 Å². The molecule has 0 atom stereocenters. The topological polar surface area (TPSA) is 18.5 Å². The third-order valence-electron chi connectivity index (χ3n) is 5.69. The minimum absolute atomic E-state index is 0.261. The molecule has 156 valence electrons. The summed E-state index contributed by atoms with van der Waals surface area (Å²) in [6.07, 6.45) is 5.36. The summed E-state index contributed by atoms with van der Waals surface area (Å²) in [7, 11) is -1.82. The number of ether oxygens (including phenoxy) is 2. The van der Waals surface area contributed by atoms with Crippen molar-refractivity contribution in [3.8, 4) is 0 Å². The first kappa shape index (κ1) is 24.5. The summed E-state index contributed by atoms with van der Waals surface area (Å²) in [4.78, 5) is 0.708. The van der Waals surface area contributed by atoms with E-state index >= 15 is 4.39 Å². The Morgan fingerprint density at radius 3 is 2.07 bits per heavy atom. The first-order valence-electron chi connectivity index (χ1n) is 10.3. The highest BCUT2D eigenvalue weighted by atomic mass is 32.4. The molecule has 1 aliphatic heterocycles. The van der Waals surface area contributed by atoms with Gasteiger partial charge < -0.3 is 9.47 Å². The van der Waals surface area contributed by atoms with Crippen LogP contribution in [0.15, 0.2) is 35.2 Å². The Balaban J connectivity index is 3.04. The zero-order valence-corrected chi connectivity index (χ0v) is 20.1. The Bertz CT molecular complexity index is 513. The van der Waals surface area contributed by atoms with Crippen molar-refractivity contribution in [1.29, 1.82) is 0 Å². The molecule has 0 spiro atoms. The Kier molecular flexibility index (Phi) is 10.4. The maximum Gasteiger partial charge on any atom is 0.177 e. The smallest absolute Gasteiger partial charge is 0.177 e. The van der Waals surface area contributed by atoms with E-state index in [1.807, 2.05) is 13.0 Å². The van der Waals surface area contributed by atoms with Gasteiger partial charge in [0, 0.05) is 18.1 Å². The summed E-state index contributed by atoms with van der Waals surface area (Å²) in [5.74, 6) is 0.448. The summed E-state index contributed by atoms with van der Waals surface area (Å²) >= 11 is 1.79. The molecule has 0 saturated carbocycles. The molecule has 1 rings (SSSR count). The van der Waals surface area contributed by atoms with E-state index in [0.29, 0.717) is 34.1 Å². The van der Waals surface area contributed by atoms with Gasteiger partial charge in [-0.2, -0.15) is 0 Å². The quantitative estimate of drug-likeness (QED) is 0.208. The third kappa shape index (κ3) is 6.23. The van der Waals surface area contributed by atoms with E-state index in [-0.39, 0.29) is 11.6 Å². The van der Waals surface area contributed by atoms with Crippen molar-refractivity contribution in [2.75, 3.05) is 19.8 Å². The molecule has 1 fully saturated rings. The van der Waals surface area contributed by atoms with Crippen LogP contribution in [0, 0.1) is 5.92 Å². The van der Waals surface area contributed by atoms with Crippen molar-refractivity contribution in [2.45, 2.75) is 77.9 Å². The first-order chi connectivity index (χ1) is 12.7. The van der Waals surface area contributed by atoms with Crippen LogP contribution >= 0.6 is 11.2 Å². The molecule has 0 N–H and O–H groups in total. The maximum atomic E-state index is 15.4. The van der Waals surface area contributed by atoms with Crippen molar-refractivity contribution in [1.82, 2.24) is 0 Å². The molecule has 5 heteroatoms. The SMILES string of the molecule is C=C/C(OCC1CCOCC1)=C(F)\C(=C\C)S[Si](C(C)C)(C(C)C)C(C)C. The highest BCUT2D eigenvalue weighted by Gasteiger charge is 2.45. The molecule has 0 unspecified atom stereocenters. The number of hydrogen-bond donors (Lipinski definition) is 0. The molecule has 1 aliphatic rings. The molecule has 0 amide bonds. The molecule has 0 aromatic heterocycles. The number of halogens is 1. The van der Waals surface area contributed by atoms with E-state index < -0.39 is 7.22 Å². The molecule has 2 nitrogen and oxygen atoms in total. The number of hydrogen-bond acceptors (Lipinski definition) is 3. The van der Waals surface area contributed by atoms with E-state index in [1.165, 1.54) is 6.08 Å². The van der Waals surface area contributed by atoms with Crippen LogP contribution in [0.1, 0.15) is 61.3 Å². The van der Waals surface area contributed by atoms with Gasteiger partial charge in [-0.1, -0.05) is 54.2 Å². The van der Waals surface area contributed by atoms with E-state index in [9.17, 15) is 0 Å². The van der Waals surface area contributed by atoms with Crippen LogP contribution in [0.25, 0.3) is 0 Å². The fourth-order valence-corrected chi connectivity index (χ4v) is 13.5. The van der Waals surface area contributed by atoms with Gasteiger partial charge >= 0.3 is 0 Å². The van der Waals surface area contributed by atoms with Gasteiger partial charge in [-0.05, 0) is 48.4 Å². The normalized spacial score (nSPS) is 18.3. The van der Waals surface area contributed by atoms with Gasteiger partial charge in [0.15, 0.2) is 11.6 Å². The second-order valence-electron chi connectivity index (χ2n) is 8.32. The van der Waals surface area contributed by atoms with Crippen molar-refractivity contribution in [2.24, 2.45) is 5.92 Å². The lowest BCUT2D eigenvalue weighted by Gasteiger charge is -2.42. The molecule has 0 radical (unpaired) electrons. The first-order valence-corrected chi connectivity index (χ1v) is 14.1. The highest BCUT2D eigenvalue weighted by Crippen LogP contribution is 2.53. The zero-order chi connectivity index (χ0) is 20.6. The average Bonchev–Trinajstić information content (AvgIpc) is 2.63. The maximum absolute atomic E-state index is 15.4. The Hall–Kier alpha value is -0.523. The van der Waals surface area contributed by atoms with Crippen LogP contribution in [0.2, 0.25) is 16.6 Å². The van der Waals surface area contributed by atoms with Crippen LogP contribution in [-0.4, -0.2) is 27.0 Å². The molecule has 0 bridgehead atoms. The van der Waals surface area contributed by atoms with Crippen LogP contribution in [-0.2, 0) is 9.47 Å². The van der Waals surface area contributed by atoms with E-state index in [2.05, 4.69) is 48.1 Å². The summed E-state index contributed by atoms with van der Waals surface area (Å²) in [5, 5.41) is 0. The van der Waals surface area contributed by atoms with Crippen LogP contribution in [0.3, 0.4) is 0 Å². The highest BCUT2D eigenvalue weighted by molar-refractivity contribution is 8.32. The summed E-state index contributed by atoms with van der Waals surface area (Å²) in [6, 6.07) is 0. The predicted molar refractivity (Wildman–Crippen MR) is 120 cm³/mol. The molecule has 0 aromatic carbocycles. The lowest BCUT2D eigenvalue weighted by Crippen LogP contribution is -2.41. The van der Waals surface area contributed by atoms with Gasteiger partial charge in [0.1, 0.15) is 7.22 Å². The van der Waals surface area contributed by atoms with Gasteiger partial charge in [0.2, 0.25) is 0 Å². The molecule has 1 heterocycles. The lowest BCUT2D eigenvalue weighted by molar-refractivity contribution is 0.0380. The van der Waals surface area contributed by atoms with E-state index in [4.69, 9.17) is 9.47 Å². The molecule has 1 saturated heterocycles. The zero-order valence-electron chi connectivity index (χ0n) is 18.3. The van der Waals surface area contributed by atoms with Gasteiger partial charge in [-0.25, -0.2) is 4.39 Å². The van der Waals surface area contributed by atoms with Crippen LogP contribution < -0.4 is 0 Å². The van der Waals surface area contributed by atoms with Crippen molar-refractivity contribution >= 4 is 18.4 Å². The van der Waals surface area contributed by atoms with Gasteiger partial charge in [-0.3, -0.25) is 0 Å². The molecule has 27 heavy (non-hydrogen) atoms. The lowest BCUT2D eigenvalue weighted by atomic mass is 10.0. The van der Waals surface area contributed by atoms with Crippen molar-refractivity contribution < 1.29 is 13.9 Å². The summed E-state index contributed by atoms with van der Waals surface area (Å²) in [6.45, 7) is 21.6. The van der Waals surface area contributed by atoms with Crippen molar-refractivity contribution in [3.63, 3.8) is 0 Å². The standard InChI is InChI=1S/C22H39FO2SSi/c1-9-20(25-15-19-11-13-24-14-12-19)22(23)21(10-2)26-27(16(3)4,17(5)6)18(7)8/h9-10,16-19H,1,11-15H2,2-8H3/b21-10-,22-20-. The fraction of sp³-hybridized carbons (Fsp3) is 0.727. The van der Waals surface area contributed by atoms with Gasteiger partial charge in [-0.15, -0.1) is 11.2 Å². The monoisotopic (exact) mass is 414 g/mol. The van der Waals surface area contributed by atoms with Crippen LogP contribution in [0.5, 0.6) is 0 Å². The fourth-order valence-electron chi connectivity index (χ4n) is 4.23. The second kappa shape index (κ2) is 11.5. The predicted octanol–water partition coefficient (Wildman–Crippen LogP) is 7.61. The minimum Gasteiger partial charge on any atom is -0.490 e. The largest absolute Gasteiger partial charge is 0.490 e. The Morgan fingerprint density at radius 1 is 1.15 bits per heavy atom. The molecule has 0 aliphatic carbocycles. The number of allylic oxidation sites excluding steroid dienone is 3. The summed E-state index contributed by atoms with van der Waals surface area (Å²) in [5.41, 5.74) is 1.67. The molecule has 0 aromatic rings. The average molecular weight is 415 g/mol. The van der Waals surface area contributed by atoms with E-state index in [1.54, 1.807) is 11.2 Å². The third-order valence-corrected chi connectivity index (χ3v) is 18.1. The molecular formula is C22H39FO2SSi. The second-order valence-corrected chi connectivity index (χ2v) is 16.9. The minimum atomic E-state index is -1.82. The van der Waals surface area contributed by atoms with Gasteiger partial charge in [0.25, 0.3) is 0 Å². The van der Waals surface area contributed by atoms with Crippen LogP contribution in [0.4, 0.5) is 4.39 Å². The molecular weight excluding hydrogens is 375 g/mol. The van der Waals surface area contributed by atoms with Crippen molar-refractivity contribution in [3.05, 3.63) is 35.2 Å². The van der Waals surface area contributed by atoms with E-state index in [0.717, 1.165) is 26.1 Å². The Labute approximate surface area is 171 Å².